The Morgan fingerprint density at radius 3 is 2.71 bits per heavy atom. The number of methoxy groups -OCH3 is 1. The van der Waals surface area contributed by atoms with Crippen molar-refractivity contribution in [3.05, 3.63) is 24.3 Å². The molecular formula is C17H25N3O3S. The lowest BCUT2D eigenvalue weighted by molar-refractivity contribution is 0.0265. The first-order chi connectivity index (χ1) is 11.6. The highest BCUT2D eigenvalue weighted by molar-refractivity contribution is 7.80. The topological polar surface area (TPSA) is 77.0 Å². The maximum atomic E-state index is 10.3. The molecule has 0 amide bonds. The number of hydrogen-bond donors (Lipinski definition) is 4. The predicted molar refractivity (Wildman–Crippen MR) is 97.4 cm³/mol. The summed E-state index contributed by atoms with van der Waals surface area (Å²) < 4.78 is 5.13. The van der Waals surface area contributed by atoms with Crippen molar-refractivity contribution in [1.82, 2.24) is 10.2 Å². The van der Waals surface area contributed by atoms with Crippen molar-refractivity contribution < 1.29 is 14.9 Å². The molecule has 24 heavy (non-hydrogen) atoms. The fourth-order valence-electron chi connectivity index (χ4n) is 3.69. The molecule has 4 atom stereocenters. The molecule has 0 aromatic heterocycles. The summed E-state index contributed by atoms with van der Waals surface area (Å²) in [6.45, 7) is 1.43. The first-order valence-electron chi connectivity index (χ1n) is 8.41. The standard InChI is InChI=1S/C17H25N3O3S/c1-23-12-7-5-11(6-8-12)19-17(24)18-10-14-16(22)15(21)13-4-2-3-9-20(13)14/h5-8,13-16,21-22H,2-4,9-10H2,1H3,(H2,18,19,24)/t13?,14-,15+,16-/m1/s1. The summed E-state index contributed by atoms with van der Waals surface area (Å²) in [7, 11) is 1.63. The molecule has 3 rings (SSSR count). The highest BCUT2D eigenvalue weighted by Crippen LogP contribution is 2.32. The molecule has 0 radical (unpaired) electrons. The number of hydrogen-bond acceptors (Lipinski definition) is 5. The Morgan fingerprint density at radius 1 is 1.25 bits per heavy atom. The second kappa shape index (κ2) is 7.65. The minimum Gasteiger partial charge on any atom is -0.497 e. The Hall–Kier alpha value is -1.41. The van der Waals surface area contributed by atoms with Gasteiger partial charge in [-0.3, -0.25) is 4.90 Å². The van der Waals surface area contributed by atoms with Gasteiger partial charge in [0.15, 0.2) is 5.11 Å². The van der Waals surface area contributed by atoms with Gasteiger partial charge in [-0.1, -0.05) is 6.42 Å². The zero-order chi connectivity index (χ0) is 17.1. The largest absolute Gasteiger partial charge is 0.497 e. The number of anilines is 1. The minimum atomic E-state index is -0.732. The Balaban J connectivity index is 1.53. The van der Waals surface area contributed by atoms with Gasteiger partial charge in [-0.15, -0.1) is 0 Å². The Bertz CT molecular complexity index is 569. The van der Waals surface area contributed by atoms with Crippen LogP contribution in [0, 0.1) is 0 Å². The summed E-state index contributed by atoms with van der Waals surface area (Å²) in [4.78, 5) is 2.22. The van der Waals surface area contributed by atoms with Gasteiger partial charge in [-0.05, 0) is 55.9 Å². The van der Waals surface area contributed by atoms with E-state index in [1.165, 1.54) is 0 Å². The van der Waals surface area contributed by atoms with Crippen LogP contribution in [-0.4, -0.2) is 64.7 Å². The van der Waals surface area contributed by atoms with E-state index >= 15 is 0 Å². The van der Waals surface area contributed by atoms with Crippen molar-refractivity contribution in [2.24, 2.45) is 0 Å². The quantitative estimate of drug-likeness (QED) is 0.602. The van der Waals surface area contributed by atoms with Crippen LogP contribution in [0.2, 0.25) is 0 Å². The van der Waals surface area contributed by atoms with E-state index in [9.17, 15) is 10.2 Å². The average Bonchev–Trinajstić information content (AvgIpc) is 2.85. The van der Waals surface area contributed by atoms with Gasteiger partial charge < -0.3 is 25.6 Å². The zero-order valence-electron chi connectivity index (χ0n) is 13.8. The lowest BCUT2D eigenvalue weighted by Gasteiger charge is -2.34. The van der Waals surface area contributed by atoms with E-state index in [1.807, 2.05) is 24.3 Å². The number of thiocarbonyl (C=S) groups is 1. The van der Waals surface area contributed by atoms with Crippen LogP contribution in [0.25, 0.3) is 0 Å². The van der Waals surface area contributed by atoms with Crippen LogP contribution in [0.1, 0.15) is 19.3 Å². The first-order valence-corrected chi connectivity index (χ1v) is 8.82. The third-order valence-corrected chi connectivity index (χ3v) is 5.22. The molecule has 132 valence electrons. The lowest BCUT2D eigenvalue weighted by Crippen LogP contribution is -2.48. The van der Waals surface area contributed by atoms with Crippen LogP contribution in [-0.2, 0) is 0 Å². The van der Waals surface area contributed by atoms with Crippen molar-refractivity contribution in [3.8, 4) is 5.75 Å². The van der Waals surface area contributed by atoms with Crippen molar-refractivity contribution >= 4 is 23.0 Å². The van der Waals surface area contributed by atoms with E-state index in [1.54, 1.807) is 7.11 Å². The Morgan fingerprint density at radius 2 is 2.00 bits per heavy atom. The highest BCUT2D eigenvalue weighted by atomic mass is 32.1. The molecule has 0 saturated carbocycles. The molecule has 2 fully saturated rings. The second-order valence-corrected chi connectivity index (χ2v) is 6.82. The molecule has 0 aliphatic carbocycles. The average molecular weight is 351 g/mol. The summed E-state index contributed by atoms with van der Waals surface area (Å²) in [6.07, 6.45) is 1.77. The third-order valence-electron chi connectivity index (χ3n) is 4.98. The van der Waals surface area contributed by atoms with Gasteiger partial charge in [0.2, 0.25) is 0 Å². The van der Waals surface area contributed by atoms with Crippen LogP contribution in [0.4, 0.5) is 5.69 Å². The number of nitrogens with zero attached hydrogens (tertiary/aromatic N) is 1. The molecule has 2 aliphatic rings. The first kappa shape index (κ1) is 17.4. The molecule has 2 saturated heterocycles. The number of rotatable bonds is 4. The van der Waals surface area contributed by atoms with E-state index in [0.29, 0.717) is 11.7 Å². The number of piperidine rings is 1. The van der Waals surface area contributed by atoms with Crippen LogP contribution in [0.15, 0.2) is 24.3 Å². The molecule has 0 bridgehead atoms. The molecule has 1 aromatic carbocycles. The molecule has 2 aliphatic heterocycles. The normalized spacial score (nSPS) is 29.8. The highest BCUT2D eigenvalue weighted by Gasteiger charge is 2.47. The summed E-state index contributed by atoms with van der Waals surface area (Å²) in [5.41, 5.74) is 0.871. The predicted octanol–water partition coefficient (Wildman–Crippen LogP) is 0.940. The van der Waals surface area contributed by atoms with Crippen LogP contribution in [0.5, 0.6) is 5.75 Å². The van der Waals surface area contributed by atoms with Gasteiger partial charge in [-0.25, -0.2) is 0 Å². The number of fused-ring (bicyclic) bond motifs is 1. The molecule has 6 nitrogen and oxygen atoms in total. The van der Waals surface area contributed by atoms with Gasteiger partial charge in [0.25, 0.3) is 0 Å². The summed E-state index contributed by atoms with van der Waals surface area (Å²) >= 11 is 5.33. The third kappa shape index (κ3) is 3.64. The number of aliphatic hydroxyl groups excluding tert-OH is 2. The van der Waals surface area contributed by atoms with E-state index in [2.05, 4.69) is 15.5 Å². The molecular weight excluding hydrogens is 326 g/mol. The number of aliphatic hydroxyl groups is 2. The fraction of sp³-hybridized carbons (Fsp3) is 0.588. The molecule has 7 heteroatoms. The summed E-state index contributed by atoms with van der Waals surface area (Å²) in [5.74, 6) is 0.790. The minimum absolute atomic E-state index is 0.0728. The Labute approximate surface area is 147 Å². The van der Waals surface area contributed by atoms with E-state index in [4.69, 9.17) is 17.0 Å². The van der Waals surface area contributed by atoms with Gasteiger partial charge in [0.1, 0.15) is 5.75 Å². The smallest absolute Gasteiger partial charge is 0.170 e. The van der Waals surface area contributed by atoms with Crippen molar-refractivity contribution in [1.29, 1.82) is 0 Å². The van der Waals surface area contributed by atoms with E-state index < -0.39 is 12.2 Å². The lowest BCUT2D eigenvalue weighted by atomic mass is 10.0. The number of ether oxygens (including phenoxy) is 1. The van der Waals surface area contributed by atoms with Crippen LogP contribution >= 0.6 is 12.2 Å². The second-order valence-electron chi connectivity index (χ2n) is 6.41. The summed E-state index contributed by atoms with van der Waals surface area (Å²) in [6, 6.07) is 7.47. The van der Waals surface area contributed by atoms with Crippen LogP contribution < -0.4 is 15.4 Å². The van der Waals surface area contributed by atoms with Gasteiger partial charge >= 0.3 is 0 Å². The number of nitrogens with one attached hydrogen (secondary N) is 2. The molecule has 4 N–H and O–H groups in total. The molecule has 1 unspecified atom stereocenters. The van der Waals surface area contributed by atoms with E-state index in [0.717, 1.165) is 37.2 Å². The SMILES string of the molecule is COc1ccc(NC(=S)NC[C@@H]2[C@@H](O)[C@@H](O)C3CCCCN32)cc1. The summed E-state index contributed by atoms with van der Waals surface area (Å²) in [5, 5.41) is 27.4. The van der Waals surface area contributed by atoms with Crippen molar-refractivity contribution in [3.63, 3.8) is 0 Å². The van der Waals surface area contributed by atoms with Gasteiger partial charge in [0, 0.05) is 18.3 Å². The van der Waals surface area contributed by atoms with Gasteiger partial charge in [-0.2, -0.15) is 0 Å². The molecule has 0 spiro atoms. The maximum Gasteiger partial charge on any atom is 0.170 e. The zero-order valence-corrected chi connectivity index (χ0v) is 14.6. The Kier molecular flexibility index (Phi) is 5.55. The van der Waals surface area contributed by atoms with Crippen LogP contribution in [0.3, 0.4) is 0 Å². The number of benzene rings is 1. The van der Waals surface area contributed by atoms with Crippen molar-refractivity contribution in [2.75, 3.05) is 25.5 Å². The molecule has 2 heterocycles. The van der Waals surface area contributed by atoms with Crippen molar-refractivity contribution in [2.45, 2.75) is 43.6 Å². The van der Waals surface area contributed by atoms with Gasteiger partial charge in [0.05, 0.1) is 25.4 Å². The van der Waals surface area contributed by atoms with E-state index in [-0.39, 0.29) is 12.1 Å². The maximum absolute atomic E-state index is 10.3. The molecule has 1 aromatic rings. The fourth-order valence-corrected chi connectivity index (χ4v) is 3.90. The monoisotopic (exact) mass is 351 g/mol.